The van der Waals surface area contributed by atoms with Gasteiger partial charge in [0.25, 0.3) is 5.92 Å². The van der Waals surface area contributed by atoms with Crippen molar-refractivity contribution in [1.82, 2.24) is 30.3 Å². The second-order valence-electron chi connectivity index (χ2n) is 13.6. The Balaban J connectivity index is 1.33. The Labute approximate surface area is 291 Å². The number of halogens is 7. The normalized spacial score (nSPS) is 18.3. The number of amides is 1. The SMILES string of the molecule is CC(C)(O)C#Cc1ccc(-c2ccc3[nH]nc(N)c3c2)c([C@H](Cc2cc(F)cc(F)c2)NC(=O)Cn2nc(C(F)(F)F)c3c2C(F)(F)[C@@H]2CC[C@H]32)n1. The van der Waals surface area contributed by atoms with E-state index in [1.165, 1.54) is 13.8 Å². The molecule has 1 saturated carbocycles. The molecule has 7 rings (SSSR count). The van der Waals surface area contributed by atoms with Crippen LogP contribution in [-0.2, 0) is 29.9 Å². The third-order valence-electron chi connectivity index (χ3n) is 9.33. The van der Waals surface area contributed by atoms with Crippen molar-refractivity contribution >= 4 is 22.6 Å². The molecule has 5 N–H and O–H groups in total. The van der Waals surface area contributed by atoms with Crippen molar-refractivity contribution in [3.8, 4) is 23.0 Å². The van der Waals surface area contributed by atoms with E-state index in [9.17, 15) is 31.9 Å². The second kappa shape index (κ2) is 12.4. The fourth-order valence-corrected chi connectivity index (χ4v) is 6.99. The highest BCUT2D eigenvalue weighted by Crippen LogP contribution is 2.64. The van der Waals surface area contributed by atoms with Gasteiger partial charge in [0.2, 0.25) is 5.91 Å². The first kappa shape index (κ1) is 35.0. The zero-order valence-electron chi connectivity index (χ0n) is 27.5. The first-order valence-corrected chi connectivity index (χ1v) is 16.2. The summed E-state index contributed by atoms with van der Waals surface area (Å²) in [5.74, 6) is -3.27. The predicted octanol–water partition coefficient (Wildman–Crippen LogP) is 6.52. The van der Waals surface area contributed by atoms with Gasteiger partial charge in [-0.1, -0.05) is 12.0 Å². The van der Waals surface area contributed by atoms with Gasteiger partial charge in [0, 0.05) is 28.5 Å². The Hall–Kier alpha value is -5.43. The number of nitrogens with zero attached hydrogens (tertiary/aromatic N) is 4. The number of hydrogen-bond donors (Lipinski definition) is 4. The first-order chi connectivity index (χ1) is 24.4. The van der Waals surface area contributed by atoms with Crippen molar-refractivity contribution in [2.45, 2.75) is 69.3 Å². The number of nitrogens with one attached hydrogen (secondary N) is 2. The van der Waals surface area contributed by atoms with Crippen LogP contribution >= 0.6 is 0 Å². The molecule has 0 radical (unpaired) electrons. The van der Waals surface area contributed by atoms with Gasteiger partial charge in [-0.05, 0) is 92.5 Å². The average molecular weight is 726 g/mol. The van der Waals surface area contributed by atoms with Crippen LogP contribution in [0, 0.1) is 29.4 Å². The Kier molecular flexibility index (Phi) is 8.32. The van der Waals surface area contributed by atoms with Crippen LogP contribution in [-0.4, -0.2) is 41.6 Å². The van der Waals surface area contributed by atoms with E-state index in [0.29, 0.717) is 32.8 Å². The van der Waals surface area contributed by atoms with E-state index in [0.717, 1.165) is 12.1 Å². The number of alkyl halides is 5. The fourth-order valence-electron chi connectivity index (χ4n) is 6.99. The zero-order valence-corrected chi connectivity index (χ0v) is 27.5. The smallest absolute Gasteiger partial charge is 0.382 e. The maximum Gasteiger partial charge on any atom is 0.435 e. The lowest BCUT2D eigenvalue weighted by atomic mass is 9.73. The van der Waals surface area contributed by atoms with Gasteiger partial charge in [-0.3, -0.25) is 14.6 Å². The number of benzene rings is 2. The summed E-state index contributed by atoms with van der Waals surface area (Å²) in [6.07, 6.45) is -5.18. The average Bonchev–Trinajstić information content (AvgIpc) is 3.62. The molecule has 270 valence electrons. The number of fused-ring (bicyclic) bond motifs is 4. The van der Waals surface area contributed by atoms with E-state index in [-0.39, 0.29) is 42.0 Å². The van der Waals surface area contributed by atoms with Crippen molar-refractivity contribution < 1.29 is 40.6 Å². The number of anilines is 1. The molecule has 0 bridgehead atoms. The Bertz CT molecular complexity index is 2280. The third kappa shape index (κ3) is 6.45. The van der Waals surface area contributed by atoms with Crippen molar-refractivity contribution in [3.63, 3.8) is 0 Å². The molecule has 0 saturated heterocycles. The molecule has 2 aliphatic rings. The van der Waals surface area contributed by atoms with Crippen LogP contribution in [0.3, 0.4) is 0 Å². The Morgan fingerprint density at radius 2 is 1.85 bits per heavy atom. The molecule has 5 aromatic rings. The molecule has 3 heterocycles. The van der Waals surface area contributed by atoms with Crippen molar-refractivity contribution in [2.24, 2.45) is 5.92 Å². The van der Waals surface area contributed by atoms with E-state index >= 15 is 8.78 Å². The number of carbonyl (C=O) groups excluding carboxylic acids is 1. The maximum absolute atomic E-state index is 15.5. The van der Waals surface area contributed by atoms with Crippen molar-refractivity contribution in [3.05, 3.63) is 94.1 Å². The van der Waals surface area contributed by atoms with Crippen LogP contribution < -0.4 is 11.1 Å². The molecule has 1 amide bonds. The van der Waals surface area contributed by atoms with Gasteiger partial charge in [-0.2, -0.15) is 32.1 Å². The molecule has 16 heteroatoms. The van der Waals surface area contributed by atoms with Gasteiger partial charge < -0.3 is 16.2 Å². The molecule has 52 heavy (non-hydrogen) atoms. The lowest BCUT2D eigenvalue weighted by Crippen LogP contribution is -2.36. The second-order valence-corrected chi connectivity index (χ2v) is 13.6. The molecule has 9 nitrogen and oxygen atoms in total. The van der Waals surface area contributed by atoms with Gasteiger partial charge in [-0.15, -0.1) is 0 Å². The number of hydrogen-bond acceptors (Lipinski definition) is 6. The van der Waals surface area contributed by atoms with Gasteiger partial charge in [0.1, 0.15) is 35.2 Å². The van der Waals surface area contributed by atoms with E-state index in [1.807, 2.05) is 0 Å². The number of carbonyl (C=O) groups is 1. The summed E-state index contributed by atoms with van der Waals surface area (Å²) in [5.41, 5.74) is 3.45. The van der Waals surface area contributed by atoms with Gasteiger partial charge >= 0.3 is 6.18 Å². The molecular formula is C36H30F7N7O2. The lowest BCUT2D eigenvalue weighted by Gasteiger charge is -2.34. The summed E-state index contributed by atoms with van der Waals surface area (Å²) in [4.78, 5) is 18.4. The summed E-state index contributed by atoms with van der Waals surface area (Å²) < 4.78 is 102. The number of H-pyrrole nitrogens is 1. The van der Waals surface area contributed by atoms with E-state index in [2.05, 4.69) is 37.4 Å². The number of pyridine rings is 1. The van der Waals surface area contributed by atoms with Crippen LogP contribution in [0.4, 0.5) is 36.6 Å². The predicted molar refractivity (Wildman–Crippen MR) is 174 cm³/mol. The van der Waals surface area contributed by atoms with Crippen LogP contribution in [0.15, 0.2) is 48.5 Å². The molecule has 0 unspecified atom stereocenters. The number of nitrogens with two attached hydrogens (primary N) is 1. The number of aromatic nitrogens is 5. The van der Waals surface area contributed by atoms with E-state index in [1.54, 1.807) is 30.3 Å². The third-order valence-corrected chi connectivity index (χ3v) is 9.33. The highest BCUT2D eigenvalue weighted by atomic mass is 19.4. The highest BCUT2D eigenvalue weighted by molar-refractivity contribution is 5.92. The van der Waals surface area contributed by atoms with Crippen LogP contribution in [0.5, 0.6) is 0 Å². The maximum atomic E-state index is 15.5. The van der Waals surface area contributed by atoms with E-state index < -0.39 is 76.6 Å². The minimum atomic E-state index is -5.04. The molecule has 0 spiro atoms. The van der Waals surface area contributed by atoms with Crippen molar-refractivity contribution in [1.29, 1.82) is 0 Å². The summed E-state index contributed by atoms with van der Waals surface area (Å²) in [5, 5.41) is 23.7. The highest BCUT2D eigenvalue weighted by Gasteiger charge is 2.63. The zero-order chi connectivity index (χ0) is 37.3. The summed E-state index contributed by atoms with van der Waals surface area (Å²) >= 11 is 0. The molecule has 3 aromatic heterocycles. The van der Waals surface area contributed by atoms with Crippen LogP contribution in [0.25, 0.3) is 22.0 Å². The van der Waals surface area contributed by atoms with Gasteiger partial charge in [0.15, 0.2) is 11.5 Å². The summed E-state index contributed by atoms with van der Waals surface area (Å²) in [6.45, 7) is 1.88. The van der Waals surface area contributed by atoms with Crippen LogP contribution in [0.1, 0.15) is 72.6 Å². The van der Waals surface area contributed by atoms with Gasteiger partial charge in [-0.25, -0.2) is 13.8 Å². The quantitative estimate of drug-likeness (QED) is 0.112. The molecule has 1 fully saturated rings. The van der Waals surface area contributed by atoms with Crippen molar-refractivity contribution in [2.75, 3.05) is 5.73 Å². The summed E-state index contributed by atoms with van der Waals surface area (Å²) in [7, 11) is 0. The van der Waals surface area contributed by atoms with Gasteiger partial charge in [0.05, 0.1) is 17.3 Å². The minimum Gasteiger partial charge on any atom is -0.382 e. The molecule has 3 atom stereocenters. The Morgan fingerprint density at radius 1 is 1.12 bits per heavy atom. The largest absolute Gasteiger partial charge is 0.435 e. The molecule has 2 aromatic carbocycles. The topological polar surface area (TPSA) is 135 Å². The molecule has 2 aliphatic carbocycles. The number of aliphatic hydroxyl groups is 1. The van der Waals surface area contributed by atoms with E-state index in [4.69, 9.17) is 5.73 Å². The Morgan fingerprint density at radius 3 is 2.50 bits per heavy atom. The lowest BCUT2D eigenvalue weighted by molar-refractivity contribution is -0.144. The number of nitrogen functional groups attached to an aromatic ring is 1. The first-order valence-electron chi connectivity index (χ1n) is 16.2. The number of aromatic amines is 1. The standard InChI is InChI=1S/C36H30F7N7O2/c1-34(2,52)10-9-21-4-5-22(18-3-8-26-24(14-18)33(44)48-47-26)30(45-21)27(13-17-11-19(37)15-20(38)12-17)46-28(51)16-50-32-29(31(49-50)36(41,42)43)23-6-7-25(23)35(32,39)40/h3-5,8,11-12,14-15,23,25,27,52H,6-7,13,16H2,1-2H3,(H,46,51)(H3,44,47,48)/t23-,25+,27-/m0/s1. The molecular weight excluding hydrogens is 695 g/mol. The fraction of sp³-hybridized carbons (Fsp3) is 0.333. The van der Waals surface area contributed by atoms with Crippen LogP contribution in [0.2, 0.25) is 0 Å². The summed E-state index contributed by atoms with van der Waals surface area (Å²) in [6, 6.07) is 9.71. The monoisotopic (exact) mass is 725 g/mol. The molecule has 0 aliphatic heterocycles. The minimum absolute atomic E-state index is 0.0273. The number of rotatable bonds is 7.